The van der Waals surface area contributed by atoms with Crippen molar-refractivity contribution < 1.29 is 16.8 Å². The number of hydrogen-bond donors (Lipinski definition) is 0. The van der Waals surface area contributed by atoms with Gasteiger partial charge < -0.3 is 0 Å². The van der Waals surface area contributed by atoms with Crippen LogP contribution in [0.15, 0.2) is 48.6 Å². The average molecular weight is 282 g/mol. The van der Waals surface area contributed by atoms with Crippen LogP contribution in [-0.2, 0) is 16.8 Å². The first kappa shape index (κ1) is 15.3. The molecule has 0 spiro atoms. The van der Waals surface area contributed by atoms with Crippen LogP contribution in [-0.4, -0.2) is 0 Å². The second-order valence-corrected chi connectivity index (χ2v) is 4.25. The molecule has 1 heteroatoms. The van der Waals surface area contributed by atoms with Gasteiger partial charge in [-0.2, -0.15) is 0 Å². The molecule has 0 nitrogen and oxygen atoms in total. The van der Waals surface area contributed by atoms with Gasteiger partial charge in [-0.05, 0) is 56.1 Å². The Labute approximate surface area is 121 Å². The van der Waals surface area contributed by atoms with Gasteiger partial charge in [0.05, 0.1) is 0 Å². The summed E-state index contributed by atoms with van der Waals surface area (Å²) >= 11 is 0. The Morgan fingerprint density at radius 2 is 1.00 bits per heavy atom. The van der Waals surface area contributed by atoms with E-state index in [9.17, 15) is 0 Å². The smallest absolute Gasteiger partial charge is 0 e. The summed E-state index contributed by atoms with van der Waals surface area (Å²) < 4.78 is 0. The van der Waals surface area contributed by atoms with Crippen molar-refractivity contribution in [3.8, 4) is 0 Å². The van der Waals surface area contributed by atoms with E-state index < -0.39 is 0 Å². The third kappa shape index (κ3) is 5.24. The van der Waals surface area contributed by atoms with Crippen LogP contribution in [0.1, 0.15) is 36.8 Å². The van der Waals surface area contributed by atoms with Gasteiger partial charge in [0.15, 0.2) is 0 Å². The molecule has 0 heterocycles. The van der Waals surface area contributed by atoms with E-state index in [1.807, 2.05) is 0 Å². The van der Waals surface area contributed by atoms with Crippen LogP contribution in [0.25, 0.3) is 0 Å². The molecule has 0 fully saturated rings. The van der Waals surface area contributed by atoms with Gasteiger partial charge in [0.2, 0.25) is 0 Å². The monoisotopic (exact) mass is 282 g/mol. The van der Waals surface area contributed by atoms with Crippen LogP contribution in [0.5, 0.6) is 0 Å². The summed E-state index contributed by atoms with van der Waals surface area (Å²) in [5.74, 6) is 0. The minimum atomic E-state index is 0. The molecule has 96 valence electrons. The number of fused-ring (bicyclic) bond motifs is 1. The maximum atomic E-state index is 2.27. The average Bonchev–Trinajstić information content (AvgIpc) is 2.76. The van der Waals surface area contributed by atoms with Crippen molar-refractivity contribution in [1.82, 2.24) is 0 Å². The molecule has 4 radical (unpaired) electrons. The molecule has 0 amide bonds. The van der Waals surface area contributed by atoms with Gasteiger partial charge in [-0.25, -0.2) is 0 Å². The minimum Gasteiger partial charge on any atom is -0.0882 e. The fourth-order valence-corrected chi connectivity index (χ4v) is 1.93. The van der Waals surface area contributed by atoms with E-state index >= 15 is 0 Å². The molecule has 0 bridgehead atoms. The van der Waals surface area contributed by atoms with Crippen molar-refractivity contribution in [2.24, 2.45) is 0 Å². The van der Waals surface area contributed by atoms with Crippen LogP contribution < -0.4 is 0 Å². The molecule has 2 aliphatic rings. The summed E-state index contributed by atoms with van der Waals surface area (Å²) in [7, 11) is 0. The maximum Gasteiger partial charge on any atom is 0 e. The summed E-state index contributed by atoms with van der Waals surface area (Å²) in [6.45, 7) is 0. The van der Waals surface area contributed by atoms with Crippen LogP contribution in [0.4, 0.5) is 0 Å². The van der Waals surface area contributed by atoms with Gasteiger partial charge in [-0.1, -0.05) is 48.6 Å². The number of hydrogen-bond acceptors (Lipinski definition) is 0. The first-order valence-electron chi connectivity index (χ1n) is 6.37. The van der Waals surface area contributed by atoms with Crippen LogP contribution in [0.3, 0.4) is 0 Å². The molecule has 2 aliphatic carbocycles. The van der Waals surface area contributed by atoms with Crippen molar-refractivity contribution >= 4 is 0 Å². The van der Waals surface area contributed by atoms with Crippen LogP contribution >= 0.6 is 0 Å². The van der Waals surface area contributed by atoms with Crippen molar-refractivity contribution in [2.45, 2.75) is 25.7 Å². The Bertz CT molecular complexity index is 341. The zero-order valence-electron chi connectivity index (χ0n) is 10.5. The normalized spacial score (nSPS) is 16.7. The van der Waals surface area contributed by atoms with Gasteiger partial charge >= 0.3 is 0 Å². The van der Waals surface area contributed by atoms with Gasteiger partial charge in [0.25, 0.3) is 0 Å². The van der Waals surface area contributed by atoms with Crippen molar-refractivity contribution in [3.63, 3.8) is 0 Å². The third-order valence-corrected chi connectivity index (χ3v) is 2.88. The van der Waals surface area contributed by atoms with E-state index in [1.54, 1.807) is 0 Å². The molecule has 1 aromatic rings. The van der Waals surface area contributed by atoms with Crippen LogP contribution in [0.2, 0.25) is 0 Å². The molecule has 0 aromatic heterocycles. The largest absolute Gasteiger partial charge is 0.0882 e. The van der Waals surface area contributed by atoms with Gasteiger partial charge in [0.1, 0.15) is 0 Å². The molecule has 0 atom stereocenters. The second-order valence-electron chi connectivity index (χ2n) is 4.25. The molecule has 0 N–H and O–H groups in total. The fourth-order valence-electron chi connectivity index (χ4n) is 1.93. The molecule has 0 aliphatic heterocycles. The quantitative estimate of drug-likeness (QED) is 0.606. The van der Waals surface area contributed by atoms with Crippen LogP contribution in [0, 0.1) is 19.3 Å². The number of rotatable bonds is 0. The molecule has 0 saturated carbocycles. The van der Waals surface area contributed by atoms with Gasteiger partial charge in [0, 0.05) is 16.8 Å². The predicted molar refractivity (Wildman–Crippen MR) is 74.3 cm³/mol. The van der Waals surface area contributed by atoms with Gasteiger partial charge in [-0.3, -0.25) is 0 Å². The van der Waals surface area contributed by atoms with Crippen molar-refractivity contribution in [2.75, 3.05) is 0 Å². The van der Waals surface area contributed by atoms with E-state index in [4.69, 9.17) is 0 Å². The fraction of sp³-hybridized carbons (Fsp3) is 0.235. The topological polar surface area (TPSA) is 0 Å². The Hall–Kier alpha value is -0.794. The van der Waals surface area contributed by atoms with E-state index in [-0.39, 0.29) is 16.8 Å². The summed E-state index contributed by atoms with van der Waals surface area (Å²) in [6, 6.07) is 8.36. The summed E-state index contributed by atoms with van der Waals surface area (Å²) in [5, 5.41) is 0. The SMILES string of the molecule is C1=CCCC=CCC1.[CH]1[CH]c2ccccc2[CH]1.[Co]. The van der Waals surface area contributed by atoms with Crippen molar-refractivity contribution in [1.29, 1.82) is 0 Å². The number of benzene rings is 1. The van der Waals surface area contributed by atoms with E-state index in [0.717, 1.165) is 0 Å². The first-order valence-corrected chi connectivity index (χ1v) is 6.37. The maximum absolute atomic E-state index is 2.27. The molecule has 0 saturated heterocycles. The first-order chi connectivity index (χ1) is 8.47. The molecule has 18 heavy (non-hydrogen) atoms. The molecular formula is C17H19Co. The Kier molecular flexibility index (Phi) is 7.78. The Morgan fingerprint density at radius 1 is 0.611 bits per heavy atom. The minimum absolute atomic E-state index is 0. The summed E-state index contributed by atoms with van der Waals surface area (Å²) in [4.78, 5) is 0. The zero-order valence-corrected chi connectivity index (χ0v) is 11.6. The Balaban J connectivity index is 0.000000172. The second kappa shape index (κ2) is 9.18. The summed E-state index contributed by atoms with van der Waals surface area (Å²) in [5.41, 5.74) is 2.66. The molecule has 0 unspecified atom stereocenters. The predicted octanol–water partition coefficient (Wildman–Crippen LogP) is 4.68. The van der Waals surface area contributed by atoms with E-state index in [1.165, 1.54) is 36.8 Å². The molecular weight excluding hydrogens is 263 g/mol. The van der Waals surface area contributed by atoms with E-state index in [0.29, 0.717) is 0 Å². The molecule has 1 aromatic carbocycles. The van der Waals surface area contributed by atoms with Crippen molar-refractivity contribution in [3.05, 3.63) is 79.0 Å². The Morgan fingerprint density at radius 3 is 1.39 bits per heavy atom. The third-order valence-electron chi connectivity index (χ3n) is 2.88. The summed E-state index contributed by atoms with van der Waals surface area (Å²) in [6.07, 6.45) is 20.3. The number of allylic oxidation sites excluding steroid dienone is 4. The zero-order chi connectivity index (χ0) is 11.8. The van der Waals surface area contributed by atoms with E-state index in [2.05, 4.69) is 67.8 Å². The van der Waals surface area contributed by atoms with Gasteiger partial charge in [-0.15, -0.1) is 0 Å². The standard InChI is InChI=1S/C9H7.C8H12.Co/c1-2-5-9-7-3-6-8(9)4-1;1-2-4-6-8-7-5-3-1;/h1-7H;1-2,7-8H,3-6H2;. The molecule has 3 rings (SSSR count).